The van der Waals surface area contributed by atoms with Gasteiger partial charge in [-0.2, -0.15) is 0 Å². The van der Waals surface area contributed by atoms with Gasteiger partial charge in [-0.05, 0) is 60.4 Å². The molecule has 0 aromatic heterocycles. The van der Waals surface area contributed by atoms with Crippen LogP contribution in [-0.4, -0.2) is 48.2 Å². The molecule has 1 saturated carbocycles. The number of ether oxygens (including phenoxy) is 1. The summed E-state index contributed by atoms with van der Waals surface area (Å²) < 4.78 is 5.32. The van der Waals surface area contributed by atoms with Gasteiger partial charge >= 0.3 is 5.97 Å². The Morgan fingerprint density at radius 2 is 2.05 bits per heavy atom. The van der Waals surface area contributed by atoms with Crippen molar-refractivity contribution in [3.63, 3.8) is 0 Å². The molecule has 0 aromatic rings. The van der Waals surface area contributed by atoms with E-state index in [9.17, 15) is 4.79 Å². The first-order valence-electron chi connectivity index (χ1n) is 8.03. The van der Waals surface area contributed by atoms with E-state index >= 15 is 0 Å². The number of esters is 1. The molecule has 0 spiro atoms. The summed E-state index contributed by atoms with van der Waals surface area (Å²) in [5.41, 5.74) is -0.490. The second-order valence-corrected chi connectivity index (χ2v) is 6.42. The maximum absolute atomic E-state index is 12.4. The van der Waals surface area contributed by atoms with E-state index in [0.29, 0.717) is 18.7 Å². The van der Waals surface area contributed by atoms with Crippen LogP contribution in [-0.2, 0) is 9.53 Å². The fourth-order valence-electron chi connectivity index (χ4n) is 3.21. The fraction of sp³-hybridized carbons (Fsp3) is 0.938. The quantitative estimate of drug-likeness (QED) is 0.730. The topological polar surface area (TPSA) is 41.6 Å². The van der Waals surface area contributed by atoms with Gasteiger partial charge in [-0.1, -0.05) is 6.92 Å². The Balaban J connectivity index is 2.81. The first-order valence-corrected chi connectivity index (χ1v) is 8.03. The first kappa shape index (κ1) is 17.4. The second-order valence-electron chi connectivity index (χ2n) is 6.42. The van der Waals surface area contributed by atoms with Crippen LogP contribution in [0.4, 0.5) is 0 Å². The molecule has 20 heavy (non-hydrogen) atoms. The van der Waals surface area contributed by atoms with E-state index in [1.54, 1.807) is 0 Å². The zero-order chi connectivity index (χ0) is 15.3. The van der Waals surface area contributed by atoms with E-state index in [4.69, 9.17) is 4.74 Å². The molecule has 4 nitrogen and oxygen atoms in total. The highest BCUT2D eigenvalue weighted by atomic mass is 16.5. The minimum atomic E-state index is -0.490. The van der Waals surface area contributed by atoms with Crippen LogP contribution >= 0.6 is 0 Å². The largest absolute Gasteiger partial charge is 0.465 e. The van der Waals surface area contributed by atoms with E-state index in [1.165, 1.54) is 0 Å². The molecular weight excluding hydrogens is 252 g/mol. The summed E-state index contributed by atoms with van der Waals surface area (Å²) in [6, 6.07) is 1.30. The number of hydrogen-bond acceptors (Lipinski definition) is 4. The van der Waals surface area contributed by atoms with Crippen molar-refractivity contribution in [1.29, 1.82) is 0 Å². The third kappa shape index (κ3) is 3.95. The summed E-state index contributed by atoms with van der Waals surface area (Å²) in [7, 11) is 2.18. The Labute approximate surface area is 124 Å². The molecule has 0 amide bonds. The molecule has 1 N–H and O–H groups in total. The fourth-order valence-corrected chi connectivity index (χ4v) is 3.21. The highest BCUT2D eigenvalue weighted by molar-refractivity contribution is 5.81. The molecule has 1 fully saturated rings. The number of carbonyl (C=O) groups is 1. The van der Waals surface area contributed by atoms with Gasteiger partial charge in [0.05, 0.1) is 6.61 Å². The normalized spacial score (nSPS) is 28.1. The third-order valence-electron chi connectivity index (χ3n) is 4.58. The highest BCUT2D eigenvalue weighted by Gasteiger charge is 2.48. The summed E-state index contributed by atoms with van der Waals surface area (Å²) in [6.07, 6.45) is 3.91. The Morgan fingerprint density at radius 3 is 2.55 bits per heavy atom. The lowest BCUT2D eigenvalue weighted by molar-refractivity contribution is -0.151. The molecule has 0 aliphatic heterocycles. The number of hydrogen-bond donors (Lipinski definition) is 1. The van der Waals surface area contributed by atoms with Crippen molar-refractivity contribution in [3.05, 3.63) is 0 Å². The van der Waals surface area contributed by atoms with Crippen molar-refractivity contribution in [2.45, 2.75) is 84.0 Å². The molecule has 118 valence electrons. The van der Waals surface area contributed by atoms with Crippen LogP contribution in [0.1, 0.15) is 60.3 Å². The molecule has 1 aliphatic carbocycles. The molecular formula is C16H32N2O2. The first-order chi connectivity index (χ1) is 9.36. The summed E-state index contributed by atoms with van der Waals surface area (Å²) in [4.78, 5) is 14.8. The number of nitrogens with one attached hydrogen (secondary N) is 1. The van der Waals surface area contributed by atoms with E-state index in [2.05, 4.69) is 45.0 Å². The van der Waals surface area contributed by atoms with E-state index in [0.717, 1.165) is 25.7 Å². The number of rotatable bonds is 7. The van der Waals surface area contributed by atoms with Gasteiger partial charge in [0.2, 0.25) is 0 Å². The average molecular weight is 284 g/mol. The summed E-state index contributed by atoms with van der Waals surface area (Å²) in [5.74, 6) is -0.0752. The molecule has 0 bridgehead atoms. The van der Waals surface area contributed by atoms with Gasteiger partial charge in [0, 0.05) is 18.1 Å². The minimum absolute atomic E-state index is 0.0752. The predicted molar refractivity (Wildman–Crippen MR) is 82.8 cm³/mol. The van der Waals surface area contributed by atoms with E-state index in [-0.39, 0.29) is 12.0 Å². The molecule has 4 heteroatoms. The van der Waals surface area contributed by atoms with Gasteiger partial charge in [0.1, 0.15) is 5.54 Å². The van der Waals surface area contributed by atoms with Crippen LogP contribution in [0.5, 0.6) is 0 Å². The molecule has 0 aromatic carbocycles. The monoisotopic (exact) mass is 284 g/mol. The van der Waals surface area contributed by atoms with Gasteiger partial charge < -0.3 is 9.64 Å². The molecule has 0 saturated heterocycles. The third-order valence-corrected chi connectivity index (χ3v) is 4.58. The molecule has 0 heterocycles. The molecule has 1 rings (SSSR count). The molecule has 1 aliphatic rings. The van der Waals surface area contributed by atoms with Gasteiger partial charge in [-0.3, -0.25) is 10.1 Å². The summed E-state index contributed by atoms with van der Waals surface area (Å²) >= 11 is 0. The van der Waals surface area contributed by atoms with Crippen LogP contribution in [0.2, 0.25) is 0 Å². The Bertz CT molecular complexity index is 320. The lowest BCUT2D eigenvalue weighted by Gasteiger charge is -2.34. The smallest absolute Gasteiger partial charge is 0.326 e. The van der Waals surface area contributed by atoms with Crippen molar-refractivity contribution >= 4 is 5.97 Å². The van der Waals surface area contributed by atoms with Gasteiger partial charge in [-0.25, -0.2) is 0 Å². The Kier molecular flexibility index (Phi) is 6.46. The lowest BCUT2D eigenvalue weighted by Crippen LogP contribution is -2.54. The zero-order valence-electron chi connectivity index (χ0n) is 14.0. The number of carbonyl (C=O) groups excluding carboxylic acids is 1. The van der Waals surface area contributed by atoms with Crippen LogP contribution in [0, 0.1) is 0 Å². The van der Waals surface area contributed by atoms with E-state index in [1.807, 2.05) is 6.92 Å². The van der Waals surface area contributed by atoms with Crippen molar-refractivity contribution in [2.24, 2.45) is 0 Å². The maximum Gasteiger partial charge on any atom is 0.326 e. The van der Waals surface area contributed by atoms with Gasteiger partial charge in [0.25, 0.3) is 0 Å². The molecule has 0 radical (unpaired) electrons. The van der Waals surface area contributed by atoms with Gasteiger partial charge in [0.15, 0.2) is 0 Å². The SMILES string of the molecule is CCOC(=O)C1(NC(C)C)CCC(N(C)C(C)CC)C1. The van der Waals surface area contributed by atoms with Crippen molar-refractivity contribution in [2.75, 3.05) is 13.7 Å². The summed E-state index contributed by atoms with van der Waals surface area (Å²) in [5, 5.41) is 3.48. The highest BCUT2D eigenvalue weighted by Crippen LogP contribution is 2.35. The lowest BCUT2D eigenvalue weighted by atomic mass is 9.95. The van der Waals surface area contributed by atoms with Gasteiger partial charge in [-0.15, -0.1) is 0 Å². The van der Waals surface area contributed by atoms with Crippen molar-refractivity contribution in [1.82, 2.24) is 10.2 Å². The predicted octanol–water partition coefficient (Wildman–Crippen LogP) is 2.57. The Morgan fingerprint density at radius 1 is 1.40 bits per heavy atom. The van der Waals surface area contributed by atoms with E-state index < -0.39 is 5.54 Å². The molecule has 3 atom stereocenters. The average Bonchev–Trinajstić information content (AvgIpc) is 2.81. The van der Waals surface area contributed by atoms with Crippen LogP contribution in [0.25, 0.3) is 0 Å². The summed E-state index contributed by atoms with van der Waals surface area (Å²) in [6.45, 7) is 11.0. The maximum atomic E-state index is 12.4. The van der Waals surface area contributed by atoms with Crippen LogP contribution < -0.4 is 5.32 Å². The minimum Gasteiger partial charge on any atom is -0.465 e. The number of nitrogens with zero attached hydrogens (tertiary/aromatic N) is 1. The van der Waals surface area contributed by atoms with Crippen LogP contribution in [0.3, 0.4) is 0 Å². The second kappa shape index (κ2) is 7.41. The zero-order valence-corrected chi connectivity index (χ0v) is 14.0. The van der Waals surface area contributed by atoms with Crippen LogP contribution in [0.15, 0.2) is 0 Å². The Hall–Kier alpha value is -0.610. The standard InChI is InChI=1S/C16H32N2O2/c1-7-13(5)18(6)14-9-10-16(11-14,17-12(3)4)15(19)20-8-2/h12-14,17H,7-11H2,1-6H3. The van der Waals surface area contributed by atoms with Crippen molar-refractivity contribution < 1.29 is 9.53 Å². The molecule has 3 unspecified atom stereocenters. The van der Waals surface area contributed by atoms with Crippen molar-refractivity contribution in [3.8, 4) is 0 Å².